The van der Waals surface area contributed by atoms with Crippen molar-refractivity contribution in [3.8, 4) is 0 Å². The van der Waals surface area contributed by atoms with E-state index in [9.17, 15) is 4.79 Å². The normalized spacial score (nSPS) is 26.4. The average Bonchev–Trinajstić information content (AvgIpc) is 3.08. The van der Waals surface area contributed by atoms with Gasteiger partial charge in [-0.2, -0.15) is 0 Å². The highest BCUT2D eigenvalue weighted by molar-refractivity contribution is 6.30. The van der Waals surface area contributed by atoms with Gasteiger partial charge in [-0.1, -0.05) is 48.0 Å². The number of rotatable bonds is 6. The Labute approximate surface area is 136 Å². The molecule has 0 unspecified atom stereocenters. The third-order valence-corrected chi connectivity index (χ3v) is 5.09. The summed E-state index contributed by atoms with van der Waals surface area (Å²) >= 11 is 6.32. The molecular weight excluding hydrogens is 296 g/mol. The number of carbonyl (C=O) groups is 1. The summed E-state index contributed by atoms with van der Waals surface area (Å²) in [4.78, 5) is 11.4. The number of ether oxygens (including phenoxy) is 1. The van der Waals surface area contributed by atoms with E-state index in [1.807, 2.05) is 13.0 Å². The fourth-order valence-corrected chi connectivity index (χ4v) is 3.98. The largest absolute Gasteiger partial charge is 0.463 e. The molecule has 3 heteroatoms. The van der Waals surface area contributed by atoms with Crippen LogP contribution >= 0.6 is 11.6 Å². The summed E-state index contributed by atoms with van der Waals surface area (Å²) in [5.41, 5.74) is 2.55. The fraction of sp³-hybridized carbons (Fsp3) is 0.421. The highest BCUT2D eigenvalue weighted by Gasteiger charge is 2.55. The number of carbonyl (C=O) groups excluding carboxylic acids is 1. The van der Waals surface area contributed by atoms with Crippen molar-refractivity contribution >= 4 is 17.6 Å². The molecule has 22 heavy (non-hydrogen) atoms. The Bertz CT molecular complexity index is 603. The molecule has 0 aliphatic heterocycles. The summed E-state index contributed by atoms with van der Waals surface area (Å²) in [6.07, 6.45) is 6.66. The fourth-order valence-electron chi connectivity index (χ4n) is 3.61. The molecule has 0 amide bonds. The molecule has 0 N–H and O–H groups in total. The SMILES string of the molecule is CCOC(=O)C=CC1=C(Cl)C[C@@H]2[C@H](CCc3ccccc3)[C@H]12. The van der Waals surface area contributed by atoms with E-state index in [0.29, 0.717) is 24.4 Å². The van der Waals surface area contributed by atoms with Gasteiger partial charge in [0.15, 0.2) is 0 Å². The second-order valence-electron chi connectivity index (χ2n) is 6.03. The first kappa shape index (κ1) is 15.4. The maximum atomic E-state index is 11.4. The lowest BCUT2D eigenvalue weighted by Crippen LogP contribution is -2.00. The zero-order valence-corrected chi connectivity index (χ0v) is 13.6. The van der Waals surface area contributed by atoms with Crippen LogP contribution in [0.4, 0.5) is 0 Å². The Morgan fingerprint density at radius 3 is 2.86 bits per heavy atom. The topological polar surface area (TPSA) is 26.3 Å². The van der Waals surface area contributed by atoms with Crippen molar-refractivity contribution in [2.45, 2.75) is 26.2 Å². The maximum Gasteiger partial charge on any atom is 0.330 e. The number of fused-ring (bicyclic) bond motifs is 1. The van der Waals surface area contributed by atoms with Gasteiger partial charge in [-0.25, -0.2) is 4.79 Å². The number of allylic oxidation sites excluding steroid dienone is 3. The number of hydrogen-bond acceptors (Lipinski definition) is 2. The van der Waals surface area contributed by atoms with E-state index in [4.69, 9.17) is 16.3 Å². The van der Waals surface area contributed by atoms with Gasteiger partial charge >= 0.3 is 5.97 Å². The Balaban J connectivity index is 1.56. The molecule has 2 nitrogen and oxygen atoms in total. The molecule has 3 atom stereocenters. The minimum absolute atomic E-state index is 0.288. The molecule has 0 heterocycles. The number of aryl methyl sites for hydroxylation is 1. The van der Waals surface area contributed by atoms with Crippen LogP contribution in [0.5, 0.6) is 0 Å². The molecule has 0 saturated heterocycles. The molecule has 0 spiro atoms. The van der Waals surface area contributed by atoms with Crippen molar-refractivity contribution in [2.75, 3.05) is 6.61 Å². The number of halogens is 1. The molecule has 0 aromatic heterocycles. The minimum atomic E-state index is -0.288. The zero-order valence-electron chi connectivity index (χ0n) is 12.8. The Hall–Kier alpha value is -1.54. The van der Waals surface area contributed by atoms with Gasteiger partial charge in [0.2, 0.25) is 0 Å². The van der Waals surface area contributed by atoms with E-state index in [1.54, 1.807) is 0 Å². The van der Waals surface area contributed by atoms with E-state index in [-0.39, 0.29) is 5.97 Å². The van der Waals surface area contributed by atoms with Gasteiger partial charge in [0.25, 0.3) is 0 Å². The van der Waals surface area contributed by atoms with Crippen molar-refractivity contribution in [1.29, 1.82) is 0 Å². The first-order valence-electron chi connectivity index (χ1n) is 7.98. The van der Waals surface area contributed by atoms with Crippen LogP contribution in [0.15, 0.2) is 53.1 Å². The molecule has 1 aromatic rings. The molecule has 1 fully saturated rings. The van der Waals surface area contributed by atoms with E-state index < -0.39 is 0 Å². The van der Waals surface area contributed by atoms with Crippen LogP contribution in [0.2, 0.25) is 0 Å². The predicted molar refractivity (Wildman–Crippen MR) is 88.5 cm³/mol. The van der Waals surface area contributed by atoms with Gasteiger partial charge in [-0.05, 0) is 55.1 Å². The first-order chi connectivity index (χ1) is 10.7. The van der Waals surface area contributed by atoms with Crippen LogP contribution < -0.4 is 0 Å². The predicted octanol–water partition coefficient (Wildman–Crippen LogP) is 4.50. The van der Waals surface area contributed by atoms with E-state index in [1.165, 1.54) is 18.1 Å². The lowest BCUT2D eigenvalue weighted by molar-refractivity contribution is -0.137. The van der Waals surface area contributed by atoms with Crippen molar-refractivity contribution in [3.05, 3.63) is 58.7 Å². The molecule has 116 valence electrons. The molecule has 2 aliphatic rings. The smallest absolute Gasteiger partial charge is 0.330 e. The van der Waals surface area contributed by atoms with Crippen molar-refractivity contribution < 1.29 is 9.53 Å². The van der Waals surface area contributed by atoms with Gasteiger partial charge in [-0.15, -0.1) is 0 Å². The Morgan fingerprint density at radius 1 is 1.36 bits per heavy atom. The van der Waals surface area contributed by atoms with E-state index in [2.05, 4.69) is 30.3 Å². The molecule has 0 radical (unpaired) electrons. The van der Waals surface area contributed by atoms with Crippen LogP contribution in [0.3, 0.4) is 0 Å². The van der Waals surface area contributed by atoms with Gasteiger partial charge in [0.05, 0.1) is 6.61 Å². The summed E-state index contributed by atoms with van der Waals surface area (Å²) < 4.78 is 4.93. The quantitative estimate of drug-likeness (QED) is 0.570. The highest BCUT2D eigenvalue weighted by atomic mass is 35.5. The lowest BCUT2D eigenvalue weighted by atomic mass is 10.0. The van der Waals surface area contributed by atoms with Gasteiger partial charge in [0.1, 0.15) is 0 Å². The summed E-state index contributed by atoms with van der Waals surface area (Å²) in [5.74, 6) is 1.65. The molecule has 1 saturated carbocycles. The summed E-state index contributed by atoms with van der Waals surface area (Å²) in [5, 5.41) is 0.923. The van der Waals surface area contributed by atoms with Crippen LogP contribution in [-0.4, -0.2) is 12.6 Å². The first-order valence-corrected chi connectivity index (χ1v) is 8.35. The van der Waals surface area contributed by atoms with Gasteiger partial charge in [-0.3, -0.25) is 0 Å². The highest BCUT2D eigenvalue weighted by Crippen LogP contribution is 2.62. The second kappa shape index (κ2) is 6.70. The molecule has 1 aromatic carbocycles. The average molecular weight is 317 g/mol. The minimum Gasteiger partial charge on any atom is -0.463 e. The number of hydrogen-bond donors (Lipinski definition) is 0. The maximum absolute atomic E-state index is 11.4. The van der Waals surface area contributed by atoms with Crippen LogP contribution in [0, 0.1) is 17.8 Å². The van der Waals surface area contributed by atoms with Crippen LogP contribution in [-0.2, 0) is 16.0 Å². The van der Waals surface area contributed by atoms with Crippen LogP contribution in [0.1, 0.15) is 25.3 Å². The monoisotopic (exact) mass is 316 g/mol. The van der Waals surface area contributed by atoms with Crippen LogP contribution in [0.25, 0.3) is 0 Å². The Morgan fingerprint density at radius 2 is 2.14 bits per heavy atom. The second-order valence-corrected chi connectivity index (χ2v) is 6.48. The summed E-state index contributed by atoms with van der Waals surface area (Å²) in [6, 6.07) is 10.6. The molecular formula is C19H21ClO2. The standard InChI is InChI=1S/C19H21ClO2/c1-2-22-18(21)11-10-15-17(20)12-16-14(19(15)16)9-8-13-6-4-3-5-7-13/h3-7,10-11,14,16,19H,2,8-9,12H2,1H3/t14-,16+,19+/m0/s1. The third kappa shape index (κ3) is 3.27. The van der Waals surface area contributed by atoms with Crippen molar-refractivity contribution in [2.24, 2.45) is 17.8 Å². The molecule has 2 aliphatic carbocycles. The lowest BCUT2D eigenvalue weighted by Gasteiger charge is -2.06. The van der Waals surface area contributed by atoms with Gasteiger partial charge in [0, 0.05) is 11.1 Å². The summed E-state index contributed by atoms with van der Waals surface area (Å²) in [7, 11) is 0. The van der Waals surface area contributed by atoms with Crippen molar-refractivity contribution in [3.63, 3.8) is 0 Å². The molecule has 3 rings (SSSR count). The number of esters is 1. The van der Waals surface area contributed by atoms with Gasteiger partial charge < -0.3 is 4.74 Å². The summed E-state index contributed by atoms with van der Waals surface area (Å²) in [6.45, 7) is 2.21. The zero-order chi connectivity index (χ0) is 15.5. The molecule has 0 bridgehead atoms. The van der Waals surface area contributed by atoms with Crippen molar-refractivity contribution in [1.82, 2.24) is 0 Å². The third-order valence-electron chi connectivity index (χ3n) is 4.71. The van der Waals surface area contributed by atoms with E-state index >= 15 is 0 Å². The Kier molecular flexibility index (Phi) is 4.68. The van der Waals surface area contributed by atoms with E-state index in [0.717, 1.165) is 23.4 Å². The number of benzene rings is 1.